The van der Waals surface area contributed by atoms with Gasteiger partial charge in [0.2, 0.25) is 11.8 Å². The predicted molar refractivity (Wildman–Crippen MR) is 86.8 cm³/mol. The summed E-state index contributed by atoms with van der Waals surface area (Å²) in [6.07, 6.45) is -4.87. The van der Waals surface area contributed by atoms with Crippen LogP contribution in [0.3, 0.4) is 0 Å². The van der Waals surface area contributed by atoms with E-state index in [-0.39, 0.29) is 23.5 Å². The Bertz CT molecular complexity index is 692. The van der Waals surface area contributed by atoms with E-state index in [0.717, 1.165) is 12.1 Å². The number of alkyl halides is 3. The van der Waals surface area contributed by atoms with Gasteiger partial charge in [0.25, 0.3) is 0 Å². The summed E-state index contributed by atoms with van der Waals surface area (Å²) in [6.45, 7) is 4.96. The fraction of sp³-hybridized carbons (Fsp3) is 0.500. The van der Waals surface area contributed by atoms with E-state index in [9.17, 15) is 22.8 Å². The lowest BCUT2D eigenvalue weighted by molar-refractivity contribution is -0.137. The van der Waals surface area contributed by atoms with Crippen LogP contribution in [-0.2, 0) is 21.3 Å². The molecule has 1 heterocycles. The van der Waals surface area contributed by atoms with Crippen LogP contribution in [0.4, 0.5) is 13.2 Å². The quantitative estimate of drug-likeness (QED) is 0.758. The standard InChI is InChI=1S/C16H19ClF3N3O2/c1-8-21-12(7-13(24)22-8)14(25)23-15(2,3)10-5-4-9(6-11(10)17)16(18,19)20/h4-6,8,12,21H,7H2,1-3H3,(H,22,24)(H,23,25). The highest BCUT2D eigenvalue weighted by molar-refractivity contribution is 6.31. The topological polar surface area (TPSA) is 70.2 Å². The molecular formula is C16H19ClF3N3O2. The summed E-state index contributed by atoms with van der Waals surface area (Å²) in [6, 6.07) is 2.27. The largest absolute Gasteiger partial charge is 0.416 e. The number of hydrogen-bond acceptors (Lipinski definition) is 3. The molecule has 1 aliphatic rings. The smallest absolute Gasteiger partial charge is 0.346 e. The summed E-state index contributed by atoms with van der Waals surface area (Å²) in [5.74, 6) is -0.681. The Labute approximate surface area is 148 Å². The zero-order valence-corrected chi connectivity index (χ0v) is 14.7. The average molecular weight is 378 g/mol. The third-order valence-electron chi connectivity index (χ3n) is 3.94. The molecule has 25 heavy (non-hydrogen) atoms. The first kappa shape index (κ1) is 19.5. The van der Waals surface area contributed by atoms with Gasteiger partial charge in [-0.25, -0.2) is 0 Å². The monoisotopic (exact) mass is 377 g/mol. The van der Waals surface area contributed by atoms with E-state index in [2.05, 4.69) is 16.0 Å². The van der Waals surface area contributed by atoms with Crippen LogP contribution < -0.4 is 16.0 Å². The first-order valence-corrected chi connectivity index (χ1v) is 8.02. The highest BCUT2D eigenvalue weighted by Gasteiger charge is 2.35. The van der Waals surface area contributed by atoms with Crippen molar-refractivity contribution in [1.29, 1.82) is 0 Å². The minimum atomic E-state index is -4.49. The van der Waals surface area contributed by atoms with Gasteiger partial charge in [0.1, 0.15) is 0 Å². The van der Waals surface area contributed by atoms with Gasteiger partial charge < -0.3 is 10.6 Å². The zero-order chi connectivity index (χ0) is 19.0. The van der Waals surface area contributed by atoms with E-state index < -0.39 is 29.2 Å². The van der Waals surface area contributed by atoms with Gasteiger partial charge in [-0.05, 0) is 38.5 Å². The van der Waals surface area contributed by atoms with Crippen LogP contribution in [0.15, 0.2) is 18.2 Å². The second kappa shape index (κ2) is 6.84. The van der Waals surface area contributed by atoms with Gasteiger partial charge in [-0.3, -0.25) is 14.9 Å². The molecule has 0 spiro atoms. The van der Waals surface area contributed by atoms with Crippen LogP contribution >= 0.6 is 11.6 Å². The van der Waals surface area contributed by atoms with Crippen LogP contribution in [0.5, 0.6) is 0 Å². The fourth-order valence-corrected chi connectivity index (χ4v) is 3.13. The summed E-state index contributed by atoms with van der Waals surface area (Å²) in [7, 11) is 0. The van der Waals surface area contributed by atoms with Gasteiger partial charge in [-0.2, -0.15) is 13.2 Å². The molecule has 138 valence electrons. The molecule has 2 amide bonds. The Kier molecular flexibility index (Phi) is 5.34. The normalized spacial score (nSPS) is 21.6. The second-order valence-corrected chi connectivity index (χ2v) is 6.93. The van der Waals surface area contributed by atoms with Crippen LogP contribution in [0.25, 0.3) is 0 Å². The van der Waals surface area contributed by atoms with Crippen molar-refractivity contribution in [3.05, 3.63) is 34.3 Å². The first-order valence-electron chi connectivity index (χ1n) is 7.65. The van der Waals surface area contributed by atoms with Crippen molar-refractivity contribution >= 4 is 23.4 Å². The van der Waals surface area contributed by atoms with Crippen molar-refractivity contribution in [3.8, 4) is 0 Å². The highest BCUT2D eigenvalue weighted by Crippen LogP contribution is 2.35. The highest BCUT2D eigenvalue weighted by atomic mass is 35.5. The summed E-state index contributed by atoms with van der Waals surface area (Å²) in [4.78, 5) is 24.0. The van der Waals surface area contributed by atoms with E-state index in [0.29, 0.717) is 5.56 Å². The molecule has 1 fully saturated rings. The predicted octanol–water partition coefficient (Wildman–Crippen LogP) is 2.53. The lowest BCUT2D eigenvalue weighted by Gasteiger charge is -2.33. The van der Waals surface area contributed by atoms with E-state index in [1.54, 1.807) is 20.8 Å². The molecule has 1 aliphatic heterocycles. The Morgan fingerprint density at radius 1 is 1.32 bits per heavy atom. The maximum absolute atomic E-state index is 12.7. The molecule has 2 rings (SSSR count). The molecule has 0 aliphatic carbocycles. The van der Waals surface area contributed by atoms with E-state index in [1.165, 1.54) is 6.07 Å². The Morgan fingerprint density at radius 2 is 1.96 bits per heavy atom. The summed E-state index contributed by atoms with van der Waals surface area (Å²) < 4.78 is 38.2. The molecule has 2 atom stereocenters. The Hall–Kier alpha value is -1.80. The van der Waals surface area contributed by atoms with Crippen molar-refractivity contribution < 1.29 is 22.8 Å². The molecule has 3 N–H and O–H groups in total. The summed E-state index contributed by atoms with van der Waals surface area (Å²) >= 11 is 6.00. The van der Waals surface area contributed by atoms with Crippen molar-refractivity contribution in [2.75, 3.05) is 0 Å². The third-order valence-corrected chi connectivity index (χ3v) is 4.25. The molecule has 0 aromatic heterocycles. The lowest BCUT2D eigenvalue weighted by atomic mass is 9.92. The molecular weight excluding hydrogens is 359 g/mol. The van der Waals surface area contributed by atoms with Crippen LogP contribution in [0, 0.1) is 0 Å². The number of benzene rings is 1. The van der Waals surface area contributed by atoms with E-state index >= 15 is 0 Å². The van der Waals surface area contributed by atoms with Gasteiger partial charge >= 0.3 is 6.18 Å². The van der Waals surface area contributed by atoms with E-state index in [4.69, 9.17) is 11.6 Å². The number of nitrogens with one attached hydrogen (secondary N) is 3. The minimum absolute atomic E-state index is 0.0208. The van der Waals surface area contributed by atoms with Gasteiger partial charge in [-0.1, -0.05) is 17.7 Å². The SMILES string of the molecule is CC1NC(=O)CC(C(=O)NC(C)(C)c2ccc(C(F)(F)F)cc2Cl)N1. The van der Waals surface area contributed by atoms with Crippen LogP contribution in [0.2, 0.25) is 5.02 Å². The molecule has 0 saturated carbocycles. The lowest BCUT2D eigenvalue weighted by Crippen LogP contribution is -2.61. The number of rotatable bonds is 3. The van der Waals surface area contributed by atoms with Crippen LogP contribution in [0.1, 0.15) is 38.3 Å². The van der Waals surface area contributed by atoms with Crippen molar-refractivity contribution in [2.45, 2.75) is 51.1 Å². The summed E-state index contributed by atoms with van der Waals surface area (Å²) in [5, 5.41) is 8.21. The number of amides is 2. The van der Waals surface area contributed by atoms with Crippen molar-refractivity contribution in [2.24, 2.45) is 0 Å². The molecule has 5 nitrogen and oxygen atoms in total. The maximum atomic E-state index is 12.7. The molecule has 9 heteroatoms. The Morgan fingerprint density at radius 3 is 2.48 bits per heavy atom. The van der Waals surface area contributed by atoms with Gasteiger partial charge in [0.05, 0.1) is 29.7 Å². The maximum Gasteiger partial charge on any atom is 0.416 e. The van der Waals surface area contributed by atoms with Gasteiger partial charge in [0, 0.05) is 5.02 Å². The molecule has 1 saturated heterocycles. The number of carbonyl (C=O) groups is 2. The average Bonchev–Trinajstić information content (AvgIpc) is 2.44. The fourth-order valence-electron chi connectivity index (χ4n) is 2.72. The minimum Gasteiger partial charge on any atom is -0.346 e. The van der Waals surface area contributed by atoms with Gasteiger partial charge in [0.15, 0.2) is 0 Å². The first-order chi connectivity index (χ1) is 11.4. The molecule has 0 radical (unpaired) electrons. The van der Waals surface area contributed by atoms with E-state index in [1.807, 2.05) is 0 Å². The van der Waals surface area contributed by atoms with Crippen molar-refractivity contribution in [3.63, 3.8) is 0 Å². The molecule has 2 unspecified atom stereocenters. The summed E-state index contributed by atoms with van der Waals surface area (Å²) in [5.41, 5.74) is -1.52. The second-order valence-electron chi connectivity index (χ2n) is 6.52. The number of halogens is 4. The molecule has 1 aromatic carbocycles. The number of carbonyl (C=O) groups excluding carboxylic acids is 2. The molecule has 0 bridgehead atoms. The Balaban J connectivity index is 2.18. The van der Waals surface area contributed by atoms with Gasteiger partial charge in [-0.15, -0.1) is 0 Å². The van der Waals surface area contributed by atoms with Crippen molar-refractivity contribution in [1.82, 2.24) is 16.0 Å². The zero-order valence-electron chi connectivity index (χ0n) is 13.9. The van der Waals surface area contributed by atoms with Crippen LogP contribution in [-0.4, -0.2) is 24.0 Å². The molecule has 1 aromatic rings. The third kappa shape index (κ3) is 4.64. The number of hydrogen-bond donors (Lipinski definition) is 3.